The summed E-state index contributed by atoms with van der Waals surface area (Å²) in [6.07, 6.45) is 0.410. The van der Waals surface area contributed by atoms with Crippen LogP contribution in [0.3, 0.4) is 0 Å². The third-order valence-corrected chi connectivity index (χ3v) is 3.55. The van der Waals surface area contributed by atoms with Crippen molar-refractivity contribution in [2.75, 3.05) is 12.0 Å². The van der Waals surface area contributed by atoms with E-state index in [-0.39, 0.29) is 0 Å². The van der Waals surface area contributed by atoms with Crippen LogP contribution in [0, 0.1) is 29.1 Å². The summed E-state index contributed by atoms with van der Waals surface area (Å²) < 4.78 is 87.9. The summed E-state index contributed by atoms with van der Waals surface area (Å²) in [6.45, 7) is 0. The number of nitrogens with two attached hydrogens (primary N) is 1. The number of halogens is 5. The second kappa shape index (κ2) is 6.02. The van der Waals surface area contributed by atoms with Gasteiger partial charge in [-0.15, -0.1) is 0 Å². The molecule has 0 fully saturated rings. The normalized spacial score (nSPS) is 13.6. The highest BCUT2D eigenvalue weighted by Gasteiger charge is 2.30. The van der Waals surface area contributed by atoms with Gasteiger partial charge >= 0.3 is 0 Å². The number of sulfone groups is 1. The molecule has 0 aliphatic rings. The van der Waals surface area contributed by atoms with Crippen molar-refractivity contribution in [3.8, 4) is 0 Å². The van der Waals surface area contributed by atoms with E-state index in [0.29, 0.717) is 0 Å². The summed E-state index contributed by atoms with van der Waals surface area (Å²) in [6, 6.07) is -1.53. The highest BCUT2D eigenvalue weighted by Crippen LogP contribution is 2.29. The number of hydrogen-bond donors (Lipinski definition) is 2. The van der Waals surface area contributed by atoms with Crippen molar-refractivity contribution in [3.05, 3.63) is 34.6 Å². The highest BCUT2D eigenvalue weighted by atomic mass is 32.2. The van der Waals surface area contributed by atoms with E-state index in [9.17, 15) is 30.4 Å². The standard InChI is InChI=1S/C10H11F5N2O2S/c1-20(18,19)3-2-4(17-16)5-6(11)8(13)10(15)9(14)7(5)12/h4,17H,2-3,16H2,1H3. The lowest BCUT2D eigenvalue weighted by molar-refractivity contribution is 0.354. The summed E-state index contributed by atoms with van der Waals surface area (Å²) in [5, 5.41) is 0. The van der Waals surface area contributed by atoms with Gasteiger partial charge in [-0.2, -0.15) is 0 Å². The first-order valence-corrected chi connectivity index (χ1v) is 7.31. The van der Waals surface area contributed by atoms with Gasteiger partial charge in [0.05, 0.1) is 11.8 Å². The molecule has 1 aromatic carbocycles. The SMILES string of the molecule is CS(=O)(=O)CCC(NN)c1c(F)c(F)c(F)c(F)c1F. The highest BCUT2D eigenvalue weighted by molar-refractivity contribution is 7.90. The summed E-state index contributed by atoms with van der Waals surface area (Å²) in [5.41, 5.74) is 0.659. The average Bonchev–Trinajstić information content (AvgIpc) is 2.36. The Balaban J connectivity index is 3.29. The largest absolute Gasteiger partial charge is 0.271 e. The van der Waals surface area contributed by atoms with E-state index in [1.165, 1.54) is 0 Å². The molecule has 0 bridgehead atoms. The Morgan fingerprint density at radius 2 is 1.40 bits per heavy atom. The van der Waals surface area contributed by atoms with Crippen molar-refractivity contribution < 1.29 is 30.4 Å². The molecular formula is C10H11F5N2O2S. The third kappa shape index (κ3) is 3.44. The fourth-order valence-corrected chi connectivity index (χ4v) is 2.23. The molecule has 1 rings (SSSR count). The van der Waals surface area contributed by atoms with Gasteiger partial charge in [0, 0.05) is 11.8 Å². The van der Waals surface area contributed by atoms with Crippen molar-refractivity contribution in [2.24, 2.45) is 5.84 Å². The Kier molecular flexibility index (Phi) is 5.05. The molecule has 1 atom stereocenters. The van der Waals surface area contributed by atoms with Crippen LogP contribution in [-0.4, -0.2) is 20.4 Å². The number of hydrazine groups is 1. The molecule has 0 aliphatic carbocycles. The van der Waals surface area contributed by atoms with Gasteiger partial charge in [-0.25, -0.2) is 30.4 Å². The monoisotopic (exact) mass is 318 g/mol. The summed E-state index contributed by atoms with van der Waals surface area (Å²) in [4.78, 5) is 0. The van der Waals surface area contributed by atoms with Crippen molar-refractivity contribution in [2.45, 2.75) is 12.5 Å². The van der Waals surface area contributed by atoms with E-state index < -0.39 is 62.7 Å². The van der Waals surface area contributed by atoms with Crippen LogP contribution >= 0.6 is 0 Å². The van der Waals surface area contributed by atoms with Gasteiger partial charge < -0.3 is 0 Å². The molecular weight excluding hydrogens is 307 g/mol. The van der Waals surface area contributed by atoms with Gasteiger partial charge in [0.25, 0.3) is 0 Å². The summed E-state index contributed by atoms with van der Waals surface area (Å²) >= 11 is 0. The Hall–Kier alpha value is -1.26. The zero-order chi connectivity index (χ0) is 15.7. The minimum Gasteiger partial charge on any atom is -0.271 e. The number of nitrogens with one attached hydrogen (secondary N) is 1. The molecule has 0 saturated heterocycles. The quantitative estimate of drug-likeness (QED) is 0.282. The number of hydrogen-bond acceptors (Lipinski definition) is 4. The lowest BCUT2D eigenvalue weighted by atomic mass is 10.0. The first-order chi connectivity index (χ1) is 9.10. The lowest BCUT2D eigenvalue weighted by Gasteiger charge is -2.18. The average molecular weight is 318 g/mol. The van der Waals surface area contributed by atoms with Crippen LogP contribution in [0.1, 0.15) is 18.0 Å². The van der Waals surface area contributed by atoms with E-state index in [4.69, 9.17) is 5.84 Å². The van der Waals surface area contributed by atoms with Crippen LogP contribution in [0.2, 0.25) is 0 Å². The van der Waals surface area contributed by atoms with Crippen molar-refractivity contribution >= 4 is 9.84 Å². The Morgan fingerprint density at radius 1 is 1.00 bits per heavy atom. The molecule has 20 heavy (non-hydrogen) atoms. The van der Waals surface area contributed by atoms with Crippen LogP contribution in [0.5, 0.6) is 0 Å². The molecule has 1 aromatic rings. The van der Waals surface area contributed by atoms with Crippen LogP contribution in [0.15, 0.2) is 0 Å². The third-order valence-electron chi connectivity index (χ3n) is 2.57. The van der Waals surface area contributed by atoms with E-state index in [0.717, 1.165) is 6.26 Å². The topological polar surface area (TPSA) is 72.2 Å². The van der Waals surface area contributed by atoms with Gasteiger partial charge in [0.2, 0.25) is 5.82 Å². The molecule has 1 unspecified atom stereocenters. The molecule has 0 amide bonds. The Labute approximate surface area is 111 Å². The van der Waals surface area contributed by atoms with E-state index in [1.54, 1.807) is 0 Å². The van der Waals surface area contributed by atoms with E-state index in [1.807, 2.05) is 5.43 Å². The molecule has 0 aliphatic heterocycles. The van der Waals surface area contributed by atoms with Gasteiger partial charge in [-0.1, -0.05) is 0 Å². The minimum atomic E-state index is -3.49. The second-order valence-corrected chi connectivity index (χ2v) is 6.38. The van der Waals surface area contributed by atoms with Gasteiger partial charge in [-0.05, 0) is 6.42 Å². The van der Waals surface area contributed by atoms with Gasteiger partial charge in [0.15, 0.2) is 23.3 Å². The van der Waals surface area contributed by atoms with Crippen LogP contribution in [-0.2, 0) is 9.84 Å². The minimum absolute atomic E-state index is 0.451. The van der Waals surface area contributed by atoms with Crippen LogP contribution in [0.4, 0.5) is 22.0 Å². The van der Waals surface area contributed by atoms with Crippen LogP contribution < -0.4 is 11.3 Å². The predicted octanol–water partition coefficient (Wildman–Crippen LogP) is 1.32. The van der Waals surface area contributed by atoms with Crippen LogP contribution in [0.25, 0.3) is 0 Å². The maximum absolute atomic E-state index is 13.5. The van der Waals surface area contributed by atoms with E-state index in [2.05, 4.69) is 0 Å². The summed E-state index contributed by atoms with van der Waals surface area (Å²) in [5.74, 6) is -6.15. The molecule has 0 spiro atoms. The summed E-state index contributed by atoms with van der Waals surface area (Å²) in [7, 11) is -3.49. The van der Waals surface area contributed by atoms with Crippen molar-refractivity contribution in [1.82, 2.24) is 5.43 Å². The Bertz CT molecular complexity index is 592. The van der Waals surface area contributed by atoms with Crippen molar-refractivity contribution in [1.29, 1.82) is 0 Å². The van der Waals surface area contributed by atoms with Gasteiger partial charge in [0.1, 0.15) is 9.84 Å². The molecule has 0 saturated carbocycles. The number of benzene rings is 1. The first-order valence-electron chi connectivity index (χ1n) is 5.25. The lowest BCUT2D eigenvalue weighted by Crippen LogP contribution is -2.32. The molecule has 4 nitrogen and oxygen atoms in total. The Morgan fingerprint density at radius 3 is 1.75 bits per heavy atom. The second-order valence-electron chi connectivity index (χ2n) is 4.12. The first kappa shape index (κ1) is 16.8. The smallest absolute Gasteiger partial charge is 0.200 e. The fourth-order valence-electron chi connectivity index (χ4n) is 1.57. The molecule has 10 heteroatoms. The molecule has 0 aromatic heterocycles. The maximum atomic E-state index is 13.5. The fraction of sp³-hybridized carbons (Fsp3) is 0.400. The zero-order valence-corrected chi connectivity index (χ0v) is 11.0. The molecule has 0 heterocycles. The molecule has 3 N–H and O–H groups in total. The maximum Gasteiger partial charge on any atom is 0.200 e. The number of rotatable bonds is 5. The van der Waals surface area contributed by atoms with Gasteiger partial charge in [-0.3, -0.25) is 11.3 Å². The zero-order valence-electron chi connectivity index (χ0n) is 10.2. The predicted molar refractivity (Wildman–Crippen MR) is 60.6 cm³/mol. The molecule has 0 radical (unpaired) electrons. The van der Waals surface area contributed by atoms with E-state index >= 15 is 0 Å². The van der Waals surface area contributed by atoms with Crippen molar-refractivity contribution in [3.63, 3.8) is 0 Å². The molecule has 114 valence electrons.